The summed E-state index contributed by atoms with van der Waals surface area (Å²) in [6, 6.07) is 48.7. The minimum absolute atomic E-state index is 0.331. The molecule has 12 rings (SSSR count). The molecule has 98 heavy (non-hydrogen) atoms. The van der Waals surface area contributed by atoms with Gasteiger partial charge in [0.1, 0.15) is 11.5 Å². The molecule has 3 aromatic heterocycles. The lowest BCUT2D eigenvalue weighted by Gasteiger charge is -2.27. The van der Waals surface area contributed by atoms with Gasteiger partial charge in [0.2, 0.25) is 0 Å². The van der Waals surface area contributed by atoms with E-state index in [1.54, 1.807) is 12.1 Å². The van der Waals surface area contributed by atoms with Gasteiger partial charge >= 0.3 is 11.9 Å². The number of unbranched alkanes of at least 4 members (excludes halogenated alkanes) is 16. The maximum Gasteiger partial charge on any atom is 0.346 e. The molecule has 10 nitrogen and oxygen atoms in total. The lowest BCUT2D eigenvalue weighted by Crippen LogP contribution is -2.19. The Morgan fingerprint density at radius 1 is 0.418 bits per heavy atom. The zero-order valence-electron chi connectivity index (χ0n) is 58.4. The Hall–Kier alpha value is -9.72. The van der Waals surface area contributed by atoms with Gasteiger partial charge in [0.15, 0.2) is 0 Å². The molecule has 0 aliphatic carbocycles. The van der Waals surface area contributed by atoms with E-state index in [0.717, 1.165) is 152 Å². The van der Waals surface area contributed by atoms with E-state index in [4.69, 9.17) is 24.2 Å². The summed E-state index contributed by atoms with van der Waals surface area (Å²) in [7, 11) is 0. The summed E-state index contributed by atoms with van der Waals surface area (Å²) < 4.78 is 19.0. The summed E-state index contributed by atoms with van der Waals surface area (Å²) in [4.78, 5) is 48.4. The van der Waals surface area contributed by atoms with Gasteiger partial charge in [0, 0.05) is 55.6 Å². The van der Waals surface area contributed by atoms with E-state index in [2.05, 4.69) is 202 Å². The molecule has 8 bridgehead atoms. The summed E-state index contributed by atoms with van der Waals surface area (Å²) in [6.07, 6.45) is 34.0. The number of rotatable bonds is 31. The molecule has 3 aliphatic rings. The maximum atomic E-state index is 13.2. The molecule has 0 fully saturated rings. The fourth-order valence-electron chi connectivity index (χ4n) is 14.1. The average Bonchev–Trinajstić information content (AvgIpc) is 1.35. The van der Waals surface area contributed by atoms with Crippen molar-refractivity contribution in [2.24, 2.45) is 0 Å². The van der Waals surface area contributed by atoms with Gasteiger partial charge in [0.05, 0.1) is 69.4 Å². The highest BCUT2D eigenvalue weighted by atomic mass is 16.6. The number of cyclic esters (lactones) is 2. The fraction of sp³-hybridized carbons (Fsp3) is 0.341. The molecule has 3 aliphatic heterocycles. The van der Waals surface area contributed by atoms with E-state index < -0.39 is 11.9 Å². The Kier molecular flexibility index (Phi) is 23.0. The molecule has 6 heterocycles. The number of benzene rings is 6. The number of hydrogen-bond acceptors (Lipinski definition) is 8. The van der Waals surface area contributed by atoms with Crippen LogP contribution in [-0.4, -0.2) is 45.1 Å². The largest absolute Gasteiger partial charge is 0.493 e. The molecule has 0 unspecified atom stereocenters. The van der Waals surface area contributed by atoms with Crippen LogP contribution in [0.3, 0.4) is 0 Å². The van der Waals surface area contributed by atoms with Crippen LogP contribution in [0.25, 0.3) is 79.4 Å². The highest BCUT2D eigenvalue weighted by Crippen LogP contribution is 2.46. The zero-order valence-corrected chi connectivity index (χ0v) is 58.4. The van der Waals surface area contributed by atoms with Crippen molar-refractivity contribution in [1.29, 1.82) is 0 Å². The van der Waals surface area contributed by atoms with Crippen molar-refractivity contribution in [1.82, 2.24) is 19.9 Å². The average molecular weight is 1300 g/mol. The Bertz CT molecular complexity index is 4490. The second-order valence-corrected chi connectivity index (χ2v) is 26.7. The number of carbonyl (C=O) groups excluding carboxylic acids is 2. The van der Waals surface area contributed by atoms with E-state index in [1.165, 1.54) is 101 Å². The third kappa shape index (κ3) is 15.6. The predicted octanol–water partition coefficient (Wildman–Crippen LogP) is 23.7. The fourth-order valence-corrected chi connectivity index (χ4v) is 14.1. The van der Waals surface area contributed by atoms with Crippen molar-refractivity contribution in [2.75, 3.05) is 18.1 Å². The lowest BCUT2D eigenvalue weighted by atomic mass is 9.94. The van der Waals surface area contributed by atoms with Crippen molar-refractivity contribution in [2.45, 2.75) is 183 Å². The van der Waals surface area contributed by atoms with Crippen LogP contribution >= 0.6 is 0 Å². The first kappa shape index (κ1) is 68.2. The molecule has 2 N–H and O–H groups in total. The first-order valence-electron chi connectivity index (χ1n) is 36.6. The summed E-state index contributed by atoms with van der Waals surface area (Å²) >= 11 is 0. The van der Waals surface area contributed by atoms with Crippen LogP contribution in [0.4, 0.5) is 17.1 Å². The first-order valence-corrected chi connectivity index (χ1v) is 36.6. The van der Waals surface area contributed by atoms with Gasteiger partial charge in [0.25, 0.3) is 0 Å². The van der Waals surface area contributed by atoms with E-state index in [1.807, 2.05) is 18.2 Å². The van der Waals surface area contributed by atoms with E-state index in [0.29, 0.717) is 51.9 Å². The molecule has 0 amide bonds. The summed E-state index contributed by atoms with van der Waals surface area (Å²) in [5.41, 5.74) is 19.5. The SMILES string of the molecule is CCCCCCCCOc1cccc(C)c1-c1c2nc(c(N(c3ccc(CCCCCC)cc3)c3ccc(CCCCCC)cc3)c3ccc([nH]3)c(-c3c(C)cccc3OCCCCCCCC)c3nc(c(C#Cc4ccc5c6c(cccc46)C(=O)OC5=O)c4ccc1[nH]4)C=C3)C=C2. The molecule has 502 valence electrons. The molecule has 0 saturated carbocycles. The van der Waals surface area contributed by atoms with Gasteiger partial charge in [-0.25, -0.2) is 19.6 Å². The minimum atomic E-state index is -0.672. The van der Waals surface area contributed by atoms with Gasteiger partial charge in [-0.3, -0.25) is 0 Å². The van der Waals surface area contributed by atoms with Crippen molar-refractivity contribution in [3.05, 3.63) is 207 Å². The number of carbonyl (C=O) groups is 2. The smallest absolute Gasteiger partial charge is 0.346 e. The maximum absolute atomic E-state index is 13.2. The van der Waals surface area contributed by atoms with Crippen LogP contribution in [0.5, 0.6) is 11.5 Å². The van der Waals surface area contributed by atoms with Crippen LogP contribution in [0.1, 0.15) is 233 Å². The second-order valence-electron chi connectivity index (χ2n) is 26.7. The number of esters is 2. The molecule has 0 saturated heterocycles. The second kappa shape index (κ2) is 33.0. The van der Waals surface area contributed by atoms with Crippen molar-refractivity contribution >= 4 is 86.1 Å². The standard InChI is InChI=1S/C88H95N5O5/c1-7-11-15-19-21-25-58-96-79-36-27-30-60(5)81(79)84-73-52-50-71(89-73)68(48-42-64-43-49-70-83-67(64)34-29-35-69(83)87(94)98-88(70)95)72-51-53-74(90-72)85(82-61(6)31-28-37-80(82)97-59-26-22-20-16-12-8-2)76-55-57-78(92-76)86(77-56-54-75(84)91-77)93(65-44-38-62(39-45-65)32-23-17-13-9-3)66-46-40-63(41-47-66)33-24-18-14-10-4/h27-31,34-41,43-47,49-57,89,92H,7-26,32-33,58-59H2,1-6H3. The van der Waals surface area contributed by atoms with E-state index in [9.17, 15) is 9.59 Å². The Morgan fingerprint density at radius 2 is 0.867 bits per heavy atom. The number of nitrogens with zero attached hydrogens (tertiary/aromatic N) is 3. The number of nitrogens with one attached hydrogen (secondary N) is 2. The first-order chi connectivity index (χ1) is 48.1. The van der Waals surface area contributed by atoms with Gasteiger partial charge in [-0.2, -0.15) is 0 Å². The zero-order chi connectivity index (χ0) is 67.7. The number of aromatic amines is 2. The van der Waals surface area contributed by atoms with Gasteiger partial charge < -0.3 is 29.1 Å². The number of ether oxygens (including phenoxy) is 3. The monoisotopic (exact) mass is 1300 g/mol. The van der Waals surface area contributed by atoms with Gasteiger partial charge in [-0.1, -0.05) is 203 Å². The topological polar surface area (TPSA) is 122 Å². The predicted molar refractivity (Wildman–Crippen MR) is 407 cm³/mol. The Morgan fingerprint density at radius 3 is 1.42 bits per heavy atom. The number of anilines is 3. The molecule has 0 radical (unpaired) electrons. The number of hydrogen-bond donors (Lipinski definition) is 2. The van der Waals surface area contributed by atoms with Crippen molar-refractivity contribution in [3.63, 3.8) is 0 Å². The molecular weight excluding hydrogens is 1210 g/mol. The number of fused-ring (bicyclic) bond motifs is 8. The Labute approximate surface area is 580 Å². The van der Waals surface area contributed by atoms with Crippen LogP contribution in [-0.2, 0) is 17.6 Å². The lowest BCUT2D eigenvalue weighted by molar-refractivity contribution is 0.0391. The van der Waals surface area contributed by atoms with Crippen LogP contribution in [0.15, 0.2) is 140 Å². The van der Waals surface area contributed by atoms with Crippen LogP contribution in [0.2, 0.25) is 0 Å². The third-order valence-electron chi connectivity index (χ3n) is 19.4. The normalized spacial score (nSPS) is 12.3. The molecular formula is C88H95N5O5. The number of H-pyrrole nitrogens is 2. The summed E-state index contributed by atoms with van der Waals surface area (Å²) in [5.74, 6) is 7.41. The molecule has 0 spiro atoms. The van der Waals surface area contributed by atoms with Crippen molar-refractivity contribution in [3.8, 4) is 45.6 Å². The van der Waals surface area contributed by atoms with Gasteiger partial charge in [-0.15, -0.1) is 0 Å². The third-order valence-corrected chi connectivity index (χ3v) is 19.4. The molecule has 0 atom stereocenters. The summed E-state index contributed by atoms with van der Waals surface area (Å²) in [5, 5.41) is 1.22. The van der Waals surface area contributed by atoms with E-state index >= 15 is 0 Å². The highest BCUT2D eigenvalue weighted by Gasteiger charge is 2.29. The van der Waals surface area contributed by atoms with Gasteiger partial charge in [-0.05, 0) is 183 Å². The highest BCUT2D eigenvalue weighted by molar-refractivity contribution is 6.21. The van der Waals surface area contributed by atoms with Crippen LogP contribution < -0.4 is 14.4 Å². The molecule has 9 aromatic rings. The van der Waals surface area contributed by atoms with Crippen molar-refractivity contribution < 1.29 is 23.8 Å². The summed E-state index contributed by atoms with van der Waals surface area (Å²) in [6.45, 7) is 14.5. The quantitative estimate of drug-likeness (QED) is 0.0191. The van der Waals surface area contributed by atoms with Crippen LogP contribution in [0, 0.1) is 25.7 Å². The number of aromatic nitrogens is 4. The van der Waals surface area contributed by atoms with E-state index in [-0.39, 0.29) is 0 Å². The number of aryl methyl sites for hydroxylation is 4. The molecule has 10 heteroatoms. The minimum Gasteiger partial charge on any atom is -0.493 e. The molecule has 6 aromatic carbocycles. The Balaban J connectivity index is 1.14.